The standard InChI is InChI=1S/C12H23ClO4/c1-3-5-7-14-11-12(13,16-8-6-4-2)17-10-9-15-11/h11H,3-10H2,1-2H3. The first-order valence-corrected chi connectivity index (χ1v) is 6.80. The molecule has 0 spiro atoms. The van der Waals surface area contributed by atoms with E-state index in [9.17, 15) is 0 Å². The van der Waals surface area contributed by atoms with Crippen molar-refractivity contribution in [3.63, 3.8) is 0 Å². The highest BCUT2D eigenvalue weighted by Crippen LogP contribution is 2.30. The van der Waals surface area contributed by atoms with Gasteiger partial charge in [0.05, 0.1) is 26.4 Å². The van der Waals surface area contributed by atoms with Gasteiger partial charge in [0.1, 0.15) is 0 Å². The third-order valence-electron chi connectivity index (χ3n) is 2.50. The van der Waals surface area contributed by atoms with Gasteiger partial charge >= 0.3 is 5.25 Å². The third kappa shape index (κ3) is 5.10. The molecule has 102 valence electrons. The van der Waals surface area contributed by atoms with Crippen molar-refractivity contribution in [1.29, 1.82) is 0 Å². The second-order valence-corrected chi connectivity index (χ2v) is 4.59. The lowest BCUT2D eigenvalue weighted by Gasteiger charge is -2.37. The molecular weight excluding hydrogens is 244 g/mol. The number of alkyl halides is 1. The van der Waals surface area contributed by atoms with Gasteiger partial charge in [0.15, 0.2) is 0 Å². The Bertz CT molecular complexity index is 203. The number of rotatable bonds is 8. The van der Waals surface area contributed by atoms with Crippen LogP contribution in [0.15, 0.2) is 0 Å². The summed E-state index contributed by atoms with van der Waals surface area (Å²) in [6, 6.07) is 0. The van der Waals surface area contributed by atoms with E-state index in [-0.39, 0.29) is 0 Å². The zero-order valence-electron chi connectivity index (χ0n) is 10.7. The molecule has 0 saturated carbocycles. The molecule has 1 fully saturated rings. The summed E-state index contributed by atoms with van der Waals surface area (Å²) in [5, 5.41) is -1.28. The van der Waals surface area contributed by atoms with Crippen LogP contribution < -0.4 is 0 Å². The first kappa shape index (κ1) is 15.2. The zero-order valence-corrected chi connectivity index (χ0v) is 11.5. The van der Waals surface area contributed by atoms with E-state index in [0.717, 1.165) is 25.7 Å². The summed E-state index contributed by atoms with van der Waals surface area (Å²) in [4.78, 5) is 0. The molecule has 0 aromatic rings. The molecule has 0 amide bonds. The van der Waals surface area contributed by atoms with Crippen LogP contribution in [0.2, 0.25) is 0 Å². The van der Waals surface area contributed by atoms with Gasteiger partial charge in [0.2, 0.25) is 6.29 Å². The van der Waals surface area contributed by atoms with Gasteiger partial charge in [-0.1, -0.05) is 38.3 Å². The molecule has 0 bridgehead atoms. The number of hydrogen-bond acceptors (Lipinski definition) is 4. The Balaban J connectivity index is 2.39. The molecule has 1 saturated heterocycles. The summed E-state index contributed by atoms with van der Waals surface area (Å²) >= 11 is 6.26. The fourth-order valence-electron chi connectivity index (χ4n) is 1.45. The maximum atomic E-state index is 6.26. The molecule has 0 aliphatic carbocycles. The fraction of sp³-hybridized carbons (Fsp3) is 1.00. The van der Waals surface area contributed by atoms with E-state index in [0.29, 0.717) is 26.4 Å². The first-order valence-electron chi connectivity index (χ1n) is 6.43. The van der Waals surface area contributed by atoms with Crippen LogP contribution in [0.3, 0.4) is 0 Å². The lowest BCUT2D eigenvalue weighted by Crippen LogP contribution is -2.50. The van der Waals surface area contributed by atoms with Crippen molar-refractivity contribution in [2.24, 2.45) is 0 Å². The van der Waals surface area contributed by atoms with Crippen molar-refractivity contribution in [3.8, 4) is 0 Å². The molecule has 17 heavy (non-hydrogen) atoms. The molecule has 0 aromatic carbocycles. The van der Waals surface area contributed by atoms with Crippen LogP contribution in [0.5, 0.6) is 0 Å². The Labute approximate surface area is 109 Å². The van der Waals surface area contributed by atoms with Gasteiger partial charge in [0.25, 0.3) is 0 Å². The Morgan fingerprint density at radius 3 is 2.59 bits per heavy atom. The van der Waals surface area contributed by atoms with Gasteiger partial charge in [-0.2, -0.15) is 0 Å². The Morgan fingerprint density at radius 1 is 1.18 bits per heavy atom. The maximum Gasteiger partial charge on any atom is 0.301 e. The average Bonchev–Trinajstić information content (AvgIpc) is 2.32. The Hall–Kier alpha value is 0.130. The fourth-order valence-corrected chi connectivity index (χ4v) is 1.73. The predicted octanol–water partition coefficient (Wildman–Crippen LogP) is 2.89. The number of unbranched alkanes of at least 4 members (excludes halogenated alkanes) is 2. The summed E-state index contributed by atoms with van der Waals surface area (Å²) in [5.41, 5.74) is 0. The van der Waals surface area contributed by atoms with E-state index in [1.165, 1.54) is 0 Å². The third-order valence-corrected chi connectivity index (χ3v) is 2.89. The average molecular weight is 267 g/mol. The normalized spacial score (nSPS) is 29.5. The van der Waals surface area contributed by atoms with E-state index in [2.05, 4.69) is 13.8 Å². The smallest absolute Gasteiger partial charge is 0.301 e. The molecule has 4 nitrogen and oxygen atoms in total. The van der Waals surface area contributed by atoms with Crippen LogP contribution in [-0.2, 0) is 18.9 Å². The van der Waals surface area contributed by atoms with Crippen molar-refractivity contribution in [3.05, 3.63) is 0 Å². The van der Waals surface area contributed by atoms with Crippen LogP contribution in [0.25, 0.3) is 0 Å². The number of hydrogen-bond donors (Lipinski definition) is 0. The summed E-state index contributed by atoms with van der Waals surface area (Å²) in [6.45, 7) is 6.28. The minimum absolute atomic E-state index is 0.434. The van der Waals surface area contributed by atoms with E-state index in [1.807, 2.05) is 0 Å². The van der Waals surface area contributed by atoms with E-state index < -0.39 is 11.5 Å². The van der Waals surface area contributed by atoms with Gasteiger partial charge in [-0.05, 0) is 12.8 Å². The molecule has 1 heterocycles. The lowest BCUT2D eigenvalue weighted by atomic mass is 10.3. The van der Waals surface area contributed by atoms with Gasteiger partial charge in [-0.15, -0.1) is 0 Å². The van der Waals surface area contributed by atoms with Gasteiger partial charge in [-0.3, -0.25) is 0 Å². The molecule has 0 aromatic heterocycles. The number of ether oxygens (including phenoxy) is 4. The first-order chi connectivity index (χ1) is 8.23. The second-order valence-electron chi connectivity index (χ2n) is 4.06. The van der Waals surface area contributed by atoms with Crippen LogP contribution in [0.1, 0.15) is 39.5 Å². The van der Waals surface area contributed by atoms with E-state index >= 15 is 0 Å². The van der Waals surface area contributed by atoms with Crippen molar-refractivity contribution >= 4 is 11.6 Å². The van der Waals surface area contributed by atoms with E-state index in [1.54, 1.807) is 0 Å². The maximum absolute atomic E-state index is 6.26. The summed E-state index contributed by atoms with van der Waals surface area (Å²) in [7, 11) is 0. The minimum atomic E-state index is -1.28. The van der Waals surface area contributed by atoms with E-state index in [4.69, 9.17) is 30.5 Å². The molecular formula is C12H23ClO4. The van der Waals surface area contributed by atoms with Crippen molar-refractivity contribution in [2.75, 3.05) is 26.4 Å². The predicted molar refractivity (Wildman–Crippen MR) is 66.0 cm³/mol. The zero-order chi connectivity index (χ0) is 12.6. The van der Waals surface area contributed by atoms with Crippen LogP contribution in [0.4, 0.5) is 0 Å². The van der Waals surface area contributed by atoms with Crippen molar-refractivity contribution < 1.29 is 18.9 Å². The van der Waals surface area contributed by atoms with Crippen LogP contribution >= 0.6 is 11.6 Å². The highest BCUT2D eigenvalue weighted by atomic mass is 35.5. The van der Waals surface area contributed by atoms with Gasteiger partial charge < -0.3 is 18.9 Å². The summed E-state index contributed by atoms with van der Waals surface area (Å²) in [6.07, 6.45) is 3.40. The topological polar surface area (TPSA) is 36.9 Å². The lowest BCUT2D eigenvalue weighted by molar-refractivity contribution is -0.344. The summed E-state index contributed by atoms with van der Waals surface area (Å²) in [5.74, 6) is 0. The molecule has 1 aliphatic rings. The molecule has 0 N–H and O–H groups in total. The Kier molecular flexibility index (Phi) is 7.39. The molecule has 1 aliphatic heterocycles. The number of halogens is 1. The second kappa shape index (κ2) is 8.27. The minimum Gasteiger partial charge on any atom is -0.347 e. The van der Waals surface area contributed by atoms with Gasteiger partial charge in [0, 0.05) is 0 Å². The van der Waals surface area contributed by atoms with Crippen molar-refractivity contribution in [1.82, 2.24) is 0 Å². The Morgan fingerprint density at radius 2 is 1.88 bits per heavy atom. The molecule has 0 radical (unpaired) electrons. The van der Waals surface area contributed by atoms with Crippen LogP contribution in [-0.4, -0.2) is 38.0 Å². The highest BCUT2D eigenvalue weighted by Gasteiger charge is 2.44. The summed E-state index contributed by atoms with van der Waals surface area (Å²) < 4.78 is 22.0. The van der Waals surface area contributed by atoms with Crippen LogP contribution in [0, 0.1) is 0 Å². The highest BCUT2D eigenvalue weighted by molar-refractivity contribution is 6.22. The van der Waals surface area contributed by atoms with Gasteiger partial charge in [-0.25, -0.2) is 0 Å². The van der Waals surface area contributed by atoms with Crippen molar-refractivity contribution in [2.45, 2.75) is 51.1 Å². The SMILES string of the molecule is CCCCOC1OCCOC1(Cl)OCCCC. The molecule has 5 heteroatoms. The quantitative estimate of drug-likeness (QED) is 0.500. The monoisotopic (exact) mass is 266 g/mol. The molecule has 2 unspecified atom stereocenters. The molecule has 2 atom stereocenters. The molecule has 1 rings (SSSR count). The largest absolute Gasteiger partial charge is 0.347 e.